The van der Waals surface area contributed by atoms with Crippen LogP contribution in [0.5, 0.6) is 0 Å². The lowest BCUT2D eigenvalue weighted by atomic mass is 10.1. The van der Waals surface area contributed by atoms with E-state index in [1.54, 1.807) is 6.92 Å². The summed E-state index contributed by atoms with van der Waals surface area (Å²) in [6.07, 6.45) is 2.17. The van der Waals surface area contributed by atoms with Crippen LogP contribution in [-0.2, 0) is 9.53 Å². The van der Waals surface area contributed by atoms with Crippen molar-refractivity contribution >= 4 is 27.9 Å². The SMILES string of the molecule is CCOC(=O)NC1CCCN(C(=O)C(Br)CC)C1. The molecule has 1 rings (SSSR count). The number of carbonyl (C=O) groups excluding carboxylic acids is 2. The van der Waals surface area contributed by atoms with Gasteiger partial charge in [0.05, 0.1) is 11.4 Å². The number of alkyl carbamates (subject to hydrolysis) is 1. The largest absolute Gasteiger partial charge is 0.450 e. The van der Waals surface area contributed by atoms with Crippen molar-refractivity contribution in [2.75, 3.05) is 19.7 Å². The minimum absolute atomic E-state index is 0.00157. The normalized spacial score (nSPS) is 21.3. The first-order chi connectivity index (χ1) is 8.58. The minimum atomic E-state index is -0.400. The molecule has 0 aliphatic carbocycles. The second-order valence-corrected chi connectivity index (χ2v) is 5.47. The zero-order valence-electron chi connectivity index (χ0n) is 10.9. The Labute approximate surface area is 116 Å². The standard InChI is InChI=1S/C12H21BrN2O3/c1-3-10(13)11(16)15-7-5-6-9(8-15)14-12(17)18-4-2/h9-10H,3-8H2,1-2H3,(H,14,17). The summed E-state index contributed by atoms with van der Waals surface area (Å²) in [6.45, 7) is 5.44. The van der Waals surface area contributed by atoms with Gasteiger partial charge in [-0.05, 0) is 26.2 Å². The van der Waals surface area contributed by atoms with Crippen LogP contribution < -0.4 is 5.32 Å². The second-order valence-electron chi connectivity index (χ2n) is 4.36. The van der Waals surface area contributed by atoms with Gasteiger partial charge >= 0.3 is 6.09 Å². The van der Waals surface area contributed by atoms with Crippen LogP contribution in [0.2, 0.25) is 0 Å². The molecule has 0 saturated carbocycles. The Bertz CT molecular complexity index is 299. The van der Waals surface area contributed by atoms with Gasteiger partial charge in [0.25, 0.3) is 0 Å². The van der Waals surface area contributed by atoms with E-state index in [9.17, 15) is 9.59 Å². The van der Waals surface area contributed by atoms with Gasteiger partial charge in [-0.1, -0.05) is 22.9 Å². The van der Waals surface area contributed by atoms with Crippen molar-refractivity contribution in [3.8, 4) is 0 Å². The lowest BCUT2D eigenvalue weighted by Gasteiger charge is -2.34. The topological polar surface area (TPSA) is 58.6 Å². The smallest absolute Gasteiger partial charge is 0.407 e. The highest BCUT2D eigenvalue weighted by atomic mass is 79.9. The van der Waals surface area contributed by atoms with E-state index in [0.29, 0.717) is 13.2 Å². The summed E-state index contributed by atoms with van der Waals surface area (Å²) in [5.41, 5.74) is 0. The first-order valence-corrected chi connectivity index (χ1v) is 7.36. The molecule has 1 N–H and O–H groups in total. The number of ether oxygens (including phenoxy) is 1. The summed E-state index contributed by atoms with van der Waals surface area (Å²) < 4.78 is 4.85. The highest BCUT2D eigenvalue weighted by Crippen LogP contribution is 2.15. The van der Waals surface area contributed by atoms with Crippen LogP contribution in [0.15, 0.2) is 0 Å². The fraction of sp³-hybridized carbons (Fsp3) is 0.833. The summed E-state index contributed by atoms with van der Waals surface area (Å²) in [5.74, 6) is 0.104. The molecule has 1 aliphatic heterocycles. The molecule has 6 heteroatoms. The molecule has 0 aromatic heterocycles. The summed E-state index contributed by atoms with van der Waals surface area (Å²) in [6, 6.07) is -0.00157. The van der Waals surface area contributed by atoms with Crippen molar-refractivity contribution in [3.05, 3.63) is 0 Å². The minimum Gasteiger partial charge on any atom is -0.450 e. The number of halogens is 1. The van der Waals surface area contributed by atoms with Gasteiger partial charge in [0.1, 0.15) is 0 Å². The van der Waals surface area contributed by atoms with E-state index < -0.39 is 6.09 Å². The number of hydrogen-bond acceptors (Lipinski definition) is 3. The van der Waals surface area contributed by atoms with Crippen LogP contribution in [-0.4, -0.2) is 47.5 Å². The van der Waals surface area contributed by atoms with Crippen LogP contribution in [0.4, 0.5) is 4.79 Å². The average Bonchev–Trinajstić information content (AvgIpc) is 2.37. The van der Waals surface area contributed by atoms with E-state index in [0.717, 1.165) is 25.8 Å². The number of carbonyl (C=O) groups is 2. The maximum Gasteiger partial charge on any atom is 0.407 e. The first-order valence-electron chi connectivity index (χ1n) is 6.44. The molecule has 2 amide bonds. The lowest BCUT2D eigenvalue weighted by Crippen LogP contribution is -2.51. The summed E-state index contributed by atoms with van der Waals surface area (Å²) in [4.78, 5) is 25.0. The fourth-order valence-electron chi connectivity index (χ4n) is 2.01. The third kappa shape index (κ3) is 4.48. The molecule has 104 valence electrons. The number of rotatable bonds is 4. The monoisotopic (exact) mass is 320 g/mol. The highest BCUT2D eigenvalue weighted by Gasteiger charge is 2.27. The average molecular weight is 321 g/mol. The second kappa shape index (κ2) is 7.61. The fourth-order valence-corrected chi connectivity index (χ4v) is 2.30. The van der Waals surface area contributed by atoms with Crippen molar-refractivity contribution in [2.24, 2.45) is 0 Å². The molecule has 0 spiro atoms. The maximum absolute atomic E-state index is 12.0. The Hall–Kier alpha value is -0.780. The molecule has 2 unspecified atom stereocenters. The number of alkyl halides is 1. The van der Waals surface area contributed by atoms with Gasteiger partial charge in [0.2, 0.25) is 5.91 Å². The number of amides is 2. The molecule has 1 saturated heterocycles. The van der Waals surface area contributed by atoms with Crippen LogP contribution >= 0.6 is 15.9 Å². The Kier molecular flexibility index (Phi) is 6.46. The molecule has 0 radical (unpaired) electrons. The van der Waals surface area contributed by atoms with Gasteiger partial charge in [-0.3, -0.25) is 4.79 Å². The molecule has 2 atom stereocenters. The third-order valence-corrected chi connectivity index (χ3v) is 4.00. The van der Waals surface area contributed by atoms with Crippen LogP contribution in [0.25, 0.3) is 0 Å². The van der Waals surface area contributed by atoms with E-state index in [1.807, 2.05) is 11.8 Å². The number of likely N-dealkylation sites (tertiary alicyclic amines) is 1. The molecule has 0 aromatic rings. The van der Waals surface area contributed by atoms with E-state index in [2.05, 4.69) is 21.2 Å². The molecular formula is C12H21BrN2O3. The Balaban J connectivity index is 2.45. The summed E-state index contributed by atoms with van der Waals surface area (Å²) >= 11 is 3.37. The van der Waals surface area contributed by atoms with E-state index in [4.69, 9.17) is 4.74 Å². The number of piperidine rings is 1. The molecule has 0 bridgehead atoms. The molecule has 1 aliphatic rings. The van der Waals surface area contributed by atoms with Gasteiger partial charge in [-0.15, -0.1) is 0 Å². The number of hydrogen-bond donors (Lipinski definition) is 1. The predicted octanol–water partition coefficient (Wildman–Crippen LogP) is 1.90. The van der Waals surface area contributed by atoms with Crippen molar-refractivity contribution in [1.82, 2.24) is 10.2 Å². The zero-order valence-corrected chi connectivity index (χ0v) is 12.5. The summed E-state index contributed by atoms with van der Waals surface area (Å²) in [7, 11) is 0. The Morgan fingerprint density at radius 2 is 2.22 bits per heavy atom. The van der Waals surface area contributed by atoms with Crippen molar-refractivity contribution in [3.63, 3.8) is 0 Å². The van der Waals surface area contributed by atoms with Crippen LogP contribution in [0.1, 0.15) is 33.1 Å². The van der Waals surface area contributed by atoms with Gasteiger partial charge in [0, 0.05) is 19.1 Å². The van der Waals surface area contributed by atoms with Crippen molar-refractivity contribution in [2.45, 2.75) is 44.0 Å². The van der Waals surface area contributed by atoms with Crippen LogP contribution in [0, 0.1) is 0 Å². The number of nitrogens with zero attached hydrogens (tertiary/aromatic N) is 1. The van der Waals surface area contributed by atoms with Crippen molar-refractivity contribution in [1.29, 1.82) is 0 Å². The van der Waals surface area contributed by atoms with Gasteiger partial charge in [0.15, 0.2) is 0 Å². The first kappa shape index (κ1) is 15.3. The summed E-state index contributed by atoms with van der Waals surface area (Å²) in [5, 5.41) is 2.79. The van der Waals surface area contributed by atoms with E-state index in [1.165, 1.54) is 0 Å². The third-order valence-electron chi connectivity index (χ3n) is 2.96. The Morgan fingerprint density at radius 3 is 2.83 bits per heavy atom. The maximum atomic E-state index is 12.0. The molecular weight excluding hydrogens is 300 g/mol. The molecule has 0 aromatic carbocycles. The highest BCUT2D eigenvalue weighted by molar-refractivity contribution is 9.10. The van der Waals surface area contributed by atoms with Gasteiger partial charge in [-0.2, -0.15) is 0 Å². The van der Waals surface area contributed by atoms with Gasteiger partial charge < -0.3 is 15.0 Å². The molecule has 1 heterocycles. The lowest BCUT2D eigenvalue weighted by molar-refractivity contribution is -0.131. The molecule has 5 nitrogen and oxygen atoms in total. The zero-order chi connectivity index (χ0) is 13.5. The van der Waals surface area contributed by atoms with Crippen LogP contribution in [0.3, 0.4) is 0 Å². The quantitative estimate of drug-likeness (QED) is 0.805. The van der Waals surface area contributed by atoms with Gasteiger partial charge in [-0.25, -0.2) is 4.79 Å². The molecule has 1 fully saturated rings. The van der Waals surface area contributed by atoms with E-state index in [-0.39, 0.29) is 16.8 Å². The molecule has 18 heavy (non-hydrogen) atoms. The number of nitrogens with one attached hydrogen (secondary N) is 1. The van der Waals surface area contributed by atoms with Crippen molar-refractivity contribution < 1.29 is 14.3 Å². The van der Waals surface area contributed by atoms with E-state index >= 15 is 0 Å². The Morgan fingerprint density at radius 1 is 1.50 bits per heavy atom. The predicted molar refractivity (Wildman–Crippen MR) is 72.8 cm³/mol.